The maximum Gasteiger partial charge on any atom is 0.272 e. The second-order valence-electron chi connectivity index (χ2n) is 6.79. The van der Waals surface area contributed by atoms with Crippen LogP contribution in [0.5, 0.6) is 0 Å². The molecule has 4 rings (SSSR count). The average Bonchev–Trinajstić information content (AvgIpc) is 2.99. The third-order valence-corrected chi connectivity index (χ3v) is 6.67. The fourth-order valence-corrected chi connectivity index (χ4v) is 5.15. The van der Waals surface area contributed by atoms with Crippen LogP contribution in [0.2, 0.25) is 0 Å². The zero-order valence-corrected chi connectivity index (χ0v) is 15.1. The van der Waals surface area contributed by atoms with Gasteiger partial charge in [-0.25, -0.2) is 8.42 Å². The van der Waals surface area contributed by atoms with E-state index in [4.69, 9.17) is 0 Å². The largest absolute Gasteiger partial charge is 0.350 e. The van der Waals surface area contributed by atoms with Gasteiger partial charge < -0.3 is 10.2 Å². The van der Waals surface area contributed by atoms with Crippen molar-refractivity contribution in [3.8, 4) is 0 Å². The monoisotopic (exact) mass is 372 g/mol. The first kappa shape index (κ1) is 17.0. The highest BCUT2D eigenvalue weighted by molar-refractivity contribution is 7.91. The lowest BCUT2D eigenvalue weighted by Gasteiger charge is -2.29. The highest BCUT2D eigenvalue weighted by atomic mass is 32.2. The molecule has 2 aliphatic rings. The van der Waals surface area contributed by atoms with Crippen LogP contribution >= 0.6 is 0 Å². The molecule has 1 N–H and O–H groups in total. The molecule has 136 valence electrons. The number of sulfone groups is 1. The molecule has 1 saturated heterocycles. The van der Waals surface area contributed by atoms with Crippen molar-refractivity contribution in [2.75, 3.05) is 23.0 Å². The zero-order valence-electron chi connectivity index (χ0n) is 14.3. The Kier molecular flexibility index (Phi) is 4.36. The average molecular weight is 372 g/mol. The van der Waals surface area contributed by atoms with Gasteiger partial charge in [-0.2, -0.15) is 0 Å². The number of anilines is 1. The van der Waals surface area contributed by atoms with Gasteiger partial charge in [0.1, 0.15) is 0 Å². The van der Waals surface area contributed by atoms with Crippen LogP contribution in [0.3, 0.4) is 0 Å². The van der Waals surface area contributed by atoms with Gasteiger partial charge in [-0.1, -0.05) is 24.3 Å². The summed E-state index contributed by atoms with van der Waals surface area (Å²) in [5.41, 5.74) is 2.85. The van der Waals surface area contributed by atoms with Crippen LogP contribution < -0.4 is 10.2 Å². The maximum atomic E-state index is 12.2. The number of hydrogen-bond acceptors (Lipinski definition) is 6. The van der Waals surface area contributed by atoms with Crippen LogP contribution in [-0.2, 0) is 22.8 Å². The van der Waals surface area contributed by atoms with Gasteiger partial charge in [0.05, 0.1) is 11.5 Å². The van der Waals surface area contributed by atoms with Crippen molar-refractivity contribution in [1.82, 2.24) is 15.5 Å². The van der Waals surface area contributed by atoms with Gasteiger partial charge in [0.2, 0.25) is 0 Å². The summed E-state index contributed by atoms with van der Waals surface area (Å²) in [6.45, 7) is 1.63. The van der Waals surface area contributed by atoms with Crippen molar-refractivity contribution in [3.63, 3.8) is 0 Å². The predicted molar refractivity (Wildman–Crippen MR) is 97.8 cm³/mol. The zero-order chi connectivity index (χ0) is 18.1. The highest BCUT2D eigenvalue weighted by Crippen LogP contribution is 2.22. The van der Waals surface area contributed by atoms with Gasteiger partial charge in [-0.05, 0) is 36.1 Å². The molecule has 0 spiro atoms. The number of hydrogen-bond donors (Lipinski definition) is 1. The van der Waals surface area contributed by atoms with E-state index in [1.807, 2.05) is 6.07 Å². The summed E-state index contributed by atoms with van der Waals surface area (Å²) in [5, 5.41) is 11.0. The van der Waals surface area contributed by atoms with Crippen molar-refractivity contribution in [3.05, 3.63) is 53.2 Å². The van der Waals surface area contributed by atoms with E-state index in [-0.39, 0.29) is 29.1 Å². The minimum atomic E-state index is -3.03. The SMILES string of the molecule is O=C(NC1CCS(=O)(=O)C1)c1ccc(N2CCc3ccccc3C2)nn1. The van der Waals surface area contributed by atoms with Crippen molar-refractivity contribution >= 4 is 21.6 Å². The lowest BCUT2D eigenvalue weighted by molar-refractivity contribution is 0.0935. The molecule has 1 amide bonds. The van der Waals surface area contributed by atoms with Crippen molar-refractivity contribution in [2.45, 2.75) is 25.4 Å². The molecule has 1 unspecified atom stereocenters. The van der Waals surface area contributed by atoms with E-state index in [0.29, 0.717) is 6.42 Å². The molecular weight excluding hydrogens is 352 g/mol. The Hall–Kier alpha value is -2.48. The molecule has 1 aromatic carbocycles. The standard InChI is InChI=1S/C18H20N4O3S/c23-18(19-15-8-10-26(24,25)12-15)16-5-6-17(21-20-16)22-9-7-13-3-1-2-4-14(13)11-22/h1-6,15H,7-12H2,(H,19,23). The third kappa shape index (κ3) is 3.55. The fraction of sp³-hybridized carbons (Fsp3) is 0.389. The Morgan fingerprint density at radius 2 is 1.92 bits per heavy atom. The van der Waals surface area contributed by atoms with E-state index < -0.39 is 9.84 Å². The quantitative estimate of drug-likeness (QED) is 0.863. The smallest absolute Gasteiger partial charge is 0.272 e. The Balaban J connectivity index is 1.42. The summed E-state index contributed by atoms with van der Waals surface area (Å²) < 4.78 is 23.0. The highest BCUT2D eigenvalue weighted by Gasteiger charge is 2.29. The first-order chi connectivity index (χ1) is 12.5. The Morgan fingerprint density at radius 1 is 1.12 bits per heavy atom. The van der Waals surface area contributed by atoms with Crippen LogP contribution in [0, 0.1) is 0 Å². The van der Waals surface area contributed by atoms with Gasteiger partial charge in [0.15, 0.2) is 21.3 Å². The van der Waals surface area contributed by atoms with Crippen molar-refractivity contribution in [2.24, 2.45) is 0 Å². The molecule has 1 fully saturated rings. The van der Waals surface area contributed by atoms with E-state index in [1.54, 1.807) is 12.1 Å². The van der Waals surface area contributed by atoms with E-state index in [2.05, 4.69) is 38.6 Å². The number of amides is 1. The third-order valence-electron chi connectivity index (χ3n) is 4.91. The number of nitrogens with zero attached hydrogens (tertiary/aromatic N) is 3. The topological polar surface area (TPSA) is 92.3 Å². The van der Waals surface area contributed by atoms with Crippen LogP contribution in [0.4, 0.5) is 5.82 Å². The number of nitrogens with one attached hydrogen (secondary N) is 1. The molecule has 1 atom stereocenters. The normalized spacial score (nSPS) is 21.2. The number of carbonyl (C=O) groups excluding carboxylic acids is 1. The van der Waals surface area contributed by atoms with Gasteiger partial charge in [-0.15, -0.1) is 10.2 Å². The molecule has 0 aliphatic carbocycles. The van der Waals surface area contributed by atoms with E-state index in [1.165, 1.54) is 11.1 Å². The molecule has 3 heterocycles. The first-order valence-electron chi connectivity index (χ1n) is 8.67. The van der Waals surface area contributed by atoms with E-state index >= 15 is 0 Å². The lowest BCUT2D eigenvalue weighted by atomic mass is 10.00. The van der Waals surface area contributed by atoms with Crippen molar-refractivity contribution in [1.29, 1.82) is 0 Å². The summed E-state index contributed by atoms with van der Waals surface area (Å²) in [6.07, 6.45) is 1.41. The summed E-state index contributed by atoms with van der Waals surface area (Å²) in [5.74, 6) is 0.478. The van der Waals surface area contributed by atoms with E-state index in [0.717, 1.165) is 25.3 Å². The summed E-state index contributed by atoms with van der Waals surface area (Å²) in [7, 11) is -3.03. The van der Waals surface area contributed by atoms with Crippen LogP contribution in [0.15, 0.2) is 36.4 Å². The Labute approximate surface area is 152 Å². The van der Waals surface area contributed by atoms with Crippen LogP contribution in [0.1, 0.15) is 28.0 Å². The fourth-order valence-electron chi connectivity index (χ4n) is 3.47. The molecule has 0 radical (unpaired) electrons. The number of carbonyl (C=O) groups is 1. The summed E-state index contributed by atoms with van der Waals surface area (Å²) in [6, 6.07) is 11.4. The van der Waals surface area contributed by atoms with Crippen LogP contribution in [0.25, 0.3) is 0 Å². The minimum Gasteiger partial charge on any atom is -0.350 e. The number of aromatic nitrogens is 2. The van der Waals surface area contributed by atoms with Gasteiger partial charge in [0.25, 0.3) is 5.91 Å². The number of benzene rings is 1. The molecule has 26 heavy (non-hydrogen) atoms. The molecule has 7 nitrogen and oxygen atoms in total. The second-order valence-corrected chi connectivity index (χ2v) is 9.02. The van der Waals surface area contributed by atoms with Crippen LogP contribution in [-0.4, -0.2) is 48.6 Å². The molecule has 0 bridgehead atoms. The molecule has 8 heteroatoms. The predicted octanol–water partition coefficient (Wildman–Crippen LogP) is 0.956. The Bertz CT molecular complexity index is 928. The van der Waals surface area contributed by atoms with E-state index in [9.17, 15) is 13.2 Å². The Morgan fingerprint density at radius 3 is 2.62 bits per heavy atom. The van der Waals surface area contributed by atoms with Gasteiger partial charge in [-0.3, -0.25) is 4.79 Å². The van der Waals surface area contributed by atoms with Crippen molar-refractivity contribution < 1.29 is 13.2 Å². The maximum absolute atomic E-state index is 12.2. The number of rotatable bonds is 3. The molecule has 2 aliphatic heterocycles. The second kappa shape index (κ2) is 6.68. The molecular formula is C18H20N4O3S. The molecule has 0 saturated carbocycles. The molecule has 2 aromatic rings. The van der Waals surface area contributed by atoms with Gasteiger partial charge >= 0.3 is 0 Å². The summed E-state index contributed by atoms with van der Waals surface area (Å²) >= 11 is 0. The lowest BCUT2D eigenvalue weighted by Crippen LogP contribution is -2.36. The molecule has 1 aromatic heterocycles. The van der Waals surface area contributed by atoms with Gasteiger partial charge in [0, 0.05) is 19.1 Å². The number of fused-ring (bicyclic) bond motifs is 1. The summed E-state index contributed by atoms with van der Waals surface area (Å²) in [4.78, 5) is 14.4. The first-order valence-corrected chi connectivity index (χ1v) is 10.5. The minimum absolute atomic E-state index is 0.00254.